The highest BCUT2D eigenvalue weighted by molar-refractivity contribution is 7.71. The number of amides is 1. The van der Waals surface area contributed by atoms with Crippen molar-refractivity contribution in [2.75, 3.05) is 38.0 Å². The van der Waals surface area contributed by atoms with Crippen molar-refractivity contribution in [1.29, 1.82) is 0 Å². The molecule has 8 heteroatoms. The molecule has 0 unspecified atom stereocenters. The average Bonchev–Trinajstić information content (AvgIpc) is 3.04. The SMILES string of the molecule is C=CCn1cnn(CN2CCN(CC(=O)Nc3ccccc3CC)CC2)c1=S. The van der Waals surface area contributed by atoms with Gasteiger partial charge in [-0.15, -0.1) is 6.58 Å². The van der Waals surface area contributed by atoms with E-state index in [0.717, 1.165) is 43.9 Å². The number of nitrogens with one attached hydrogen (secondary N) is 1. The zero-order valence-corrected chi connectivity index (χ0v) is 17.2. The second-order valence-electron chi connectivity index (χ2n) is 6.95. The molecule has 1 fully saturated rings. The molecule has 1 amide bonds. The Kier molecular flexibility index (Phi) is 7.13. The number of anilines is 1. The van der Waals surface area contributed by atoms with Crippen LogP contribution in [0.4, 0.5) is 5.69 Å². The lowest BCUT2D eigenvalue weighted by molar-refractivity contribution is -0.117. The third-order valence-electron chi connectivity index (χ3n) is 4.96. The van der Waals surface area contributed by atoms with Crippen molar-refractivity contribution in [2.24, 2.45) is 0 Å². The van der Waals surface area contributed by atoms with Gasteiger partial charge in [-0.3, -0.25) is 14.6 Å². The molecule has 0 bridgehead atoms. The summed E-state index contributed by atoms with van der Waals surface area (Å²) in [5.74, 6) is 0.0414. The van der Waals surface area contributed by atoms with Crippen molar-refractivity contribution < 1.29 is 4.79 Å². The monoisotopic (exact) mass is 400 g/mol. The number of aromatic nitrogens is 3. The van der Waals surface area contributed by atoms with Gasteiger partial charge in [0, 0.05) is 38.4 Å². The van der Waals surface area contributed by atoms with Crippen molar-refractivity contribution in [2.45, 2.75) is 26.6 Å². The normalized spacial score (nSPS) is 15.5. The maximum atomic E-state index is 12.4. The molecule has 1 aromatic carbocycles. The number of hydrogen-bond donors (Lipinski definition) is 1. The Morgan fingerprint density at radius 1 is 1.25 bits per heavy atom. The summed E-state index contributed by atoms with van der Waals surface area (Å²) in [6.45, 7) is 11.1. The first kappa shape index (κ1) is 20.4. The Hall–Kier alpha value is -2.29. The largest absolute Gasteiger partial charge is 0.325 e. The van der Waals surface area contributed by atoms with Gasteiger partial charge in [-0.2, -0.15) is 5.10 Å². The van der Waals surface area contributed by atoms with E-state index in [1.807, 2.05) is 33.5 Å². The smallest absolute Gasteiger partial charge is 0.238 e. The van der Waals surface area contributed by atoms with Crippen molar-refractivity contribution >= 4 is 23.8 Å². The van der Waals surface area contributed by atoms with Gasteiger partial charge in [0.05, 0.1) is 13.2 Å². The molecule has 1 saturated heterocycles. The summed E-state index contributed by atoms with van der Waals surface area (Å²) in [7, 11) is 0. The van der Waals surface area contributed by atoms with E-state index in [2.05, 4.69) is 39.8 Å². The summed E-state index contributed by atoms with van der Waals surface area (Å²) in [4.78, 5) is 16.9. The molecule has 150 valence electrons. The molecular formula is C20H28N6OS. The highest BCUT2D eigenvalue weighted by atomic mass is 32.1. The molecule has 1 aliphatic rings. The summed E-state index contributed by atoms with van der Waals surface area (Å²) in [5, 5.41) is 7.42. The summed E-state index contributed by atoms with van der Waals surface area (Å²) in [6, 6.07) is 7.97. The maximum Gasteiger partial charge on any atom is 0.238 e. The minimum Gasteiger partial charge on any atom is -0.325 e. The zero-order valence-electron chi connectivity index (χ0n) is 16.4. The van der Waals surface area contributed by atoms with Gasteiger partial charge in [-0.1, -0.05) is 31.2 Å². The zero-order chi connectivity index (χ0) is 19.9. The topological polar surface area (TPSA) is 58.3 Å². The van der Waals surface area contributed by atoms with Gasteiger partial charge in [-0.05, 0) is 30.3 Å². The fraction of sp³-hybridized carbons (Fsp3) is 0.450. The number of nitrogens with zero attached hydrogens (tertiary/aromatic N) is 5. The predicted molar refractivity (Wildman–Crippen MR) is 114 cm³/mol. The van der Waals surface area contributed by atoms with E-state index < -0.39 is 0 Å². The van der Waals surface area contributed by atoms with Gasteiger partial charge < -0.3 is 9.88 Å². The number of carbonyl (C=O) groups is 1. The fourth-order valence-corrected chi connectivity index (χ4v) is 3.58. The molecule has 0 atom stereocenters. The van der Waals surface area contributed by atoms with Crippen LogP contribution in [0.5, 0.6) is 0 Å². The summed E-state index contributed by atoms with van der Waals surface area (Å²) < 4.78 is 4.44. The first-order valence-electron chi connectivity index (χ1n) is 9.66. The molecule has 0 spiro atoms. The van der Waals surface area contributed by atoms with Gasteiger partial charge in [0.1, 0.15) is 6.33 Å². The molecule has 0 radical (unpaired) electrons. The molecule has 3 rings (SSSR count). The lowest BCUT2D eigenvalue weighted by Gasteiger charge is -2.34. The average molecular weight is 401 g/mol. The minimum absolute atomic E-state index is 0.0414. The van der Waals surface area contributed by atoms with Gasteiger partial charge in [0.2, 0.25) is 5.91 Å². The second kappa shape index (κ2) is 9.77. The Balaban J connectivity index is 1.47. The lowest BCUT2D eigenvalue weighted by Crippen LogP contribution is -2.49. The second-order valence-corrected chi connectivity index (χ2v) is 7.31. The van der Waals surface area contributed by atoms with Crippen LogP contribution in [0.25, 0.3) is 0 Å². The molecule has 7 nitrogen and oxygen atoms in total. The van der Waals surface area contributed by atoms with Crippen LogP contribution in [0.3, 0.4) is 0 Å². The van der Waals surface area contributed by atoms with Gasteiger partial charge in [0.25, 0.3) is 0 Å². The summed E-state index contributed by atoms with van der Waals surface area (Å²) in [5.41, 5.74) is 2.08. The number of piperazine rings is 1. The van der Waals surface area contributed by atoms with E-state index in [1.54, 1.807) is 6.33 Å². The lowest BCUT2D eigenvalue weighted by atomic mass is 10.1. The van der Waals surface area contributed by atoms with Crippen LogP contribution in [0, 0.1) is 4.77 Å². The third-order valence-corrected chi connectivity index (χ3v) is 5.41. The Morgan fingerprint density at radius 3 is 2.68 bits per heavy atom. The van der Waals surface area contributed by atoms with Crippen molar-refractivity contribution in [3.05, 3.63) is 53.6 Å². The molecule has 2 heterocycles. The molecule has 0 saturated carbocycles. The molecular weight excluding hydrogens is 372 g/mol. The van der Waals surface area contributed by atoms with Crippen LogP contribution in [0.15, 0.2) is 43.2 Å². The molecule has 28 heavy (non-hydrogen) atoms. The number of allylic oxidation sites excluding steroid dienone is 1. The highest BCUT2D eigenvalue weighted by Crippen LogP contribution is 2.15. The van der Waals surface area contributed by atoms with Gasteiger partial charge in [0.15, 0.2) is 4.77 Å². The fourth-order valence-electron chi connectivity index (χ4n) is 3.35. The van der Waals surface area contributed by atoms with Gasteiger partial charge in [-0.25, -0.2) is 4.68 Å². The van der Waals surface area contributed by atoms with Crippen LogP contribution >= 0.6 is 12.2 Å². The Morgan fingerprint density at radius 2 is 1.96 bits per heavy atom. The van der Waals surface area contributed by atoms with Crippen LogP contribution in [0.1, 0.15) is 12.5 Å². The van der Waals surface area contributed by atoms with Crippen molar-refractivity contribution in [1.82, 2.24) is 24.1 Å². The number of carbonyl (C=O) groups excluding carboxylic acids is 1. The summed E-state index contributed by atoms with van der Waals surface area (Å²) in [6.07, 6.45) is 4.46. The molecule has 2 aromatic rings. The standard InChI is InChI=1S/C20H28N6OS/c1-3-9-25-15-21-26(20(25)28)16-24-12-10-23(11-13-24)14-19(27)22-18-8-6-5-7-17(18)4-2/h3,5-8,15H,1,4,9-14,16H2,2H3,(H,22,27). The Bertz CT molecular complexity index is 866. The van der Waals surface area contributed by atoms with Crippen molar-refractivity contribution in [3.8, 4) is 0 Å². The van der Waals surface area contributed by atoms with Crippen LogP contribution in [0.2, 0.25) is 0 Å². The first-order chi connectivity index (χ1) is 13.6. The van der Waals surface area contributed by atoms with Gasteiger partial charge >= 0.3 is 0 Å². The quantitative estimate of drug-likeness (QED) is 0.545. The number of para-hydroxylation sites is 1. The van der Waals surface area contributed by atoms with E-state index in [9.17, 15) is 4.79 Å². The van der Waals surface area contributed by atoms with E-state index in [1.165, 1.54) is 0 Å². The van der Waals surface area contributed by atoms with Crippen LogP contribution in [-0.4, -0.2) is 62.8 Å². The molecule has 1 aliphatic heterocycles. The van der Waals surface area contributed by atoms with E-state index in [0.29, 0.717) is 24.5 Å². The minimum atomic E-state index is 0.0414. The number of benzene rings is 1. The van der Waals surface area contributed by atoms with Crippen LogP contribution in [-0.2, 0) is 24.4 Å². The van der Waals surface area contributed by atoms with E-state index in [-0.39, 0.29) is 5.91 Å². The molecule has 0 aliphatic carbocycles. The summed E-state index contributed by atoms with van der Waals surface area (Å²) >= 11 is 5.45. The van der Waals surface area contributed by atoms with Crippen molar-refractivity contribution in [3.63, 3.8) is 0 Å². The maximum absolute atomic E-state index is 12.4. The first-order valence-corrected chi connectivity index (χ1v) is 10.1. The predicted octanol–water partition coefficient (Wildman–Crippen LogP) is 2.38. The molecule has 1 N–H and O–H groups in total. The van der Waals surface area contributed by atoms with E-state index >= 15 is 0 Å². The number of hydrogen-bond acceptors (Lipinski definition) is 5. The third kappa shape index (κ3) is 5.15. The van der Waals surface area contributed by atoms with Crippen LogP contribution < -0.4 is 5.32 Å². The Labute approximate surface area is 171 Å². The number of rotatable bonds is 8. The highest BCUT2D eigenvalue weighted by Gasteiger charge is 2.20. The van der Waals surface area contributed by atoms with E-state index in [4.69, 9.17) is 12.2 Å². The number of aryl methyl sites for hydroxylation is 1. The molecule has 1 aromatic heterocycles.